The van der Waals surface area contributed by atoms with Crippen LogP contribution in [0.4, 0.5) is 10.2 Å². The first kappa shape index (κ1) is 18.2. The van der Waals surface area contributed by atoms with E-state index in [0.717, 1.165) is 5.56 Å². The predicted octanol–water partition coefficient (Wildman–Crippen LogP) is 3.19. The van der Waals surface area contributed by atoms with Gasteiger partial charge in [-0.2, -0.15) is 0 Å². The van der Waals surface area contributed by atoms with E-state index in [1.165, 1.54) is 30.8 Å². The standard InChI is InChI=1S/C18H19FN4O2S/c1-12(13-7-9-14(10-8-13)26(24,25)23(2)3)22-18-15-5-4-6-16(19)17(15)20-11-21-18/h4-12H,1-3H3,(H,20,21,22). The van der Waals surface area contributed by atoms with Crippen LogP contribution in [0.5, 0.6) is 0 Å². The minimum atomic E-state index is -3.46. The van der Waals surface area contributed by atoms with Crippen molar-refractivity contribution in [2.24, 2.45) is 0 Å². The van der Waals surface area contributed by atoms with E-state index in [1.807, 2.05) is 6.92 Å². The summed E-state index contributed by atoms with van der Waals surface area (Å²) in [4.78, 5) is 8.41. The summed E-state index contributed by atoms with van der Waals surface area (Å²) in [6.45, 7) is 1.92. The van der Waals surface area contributed by atoms with Gasteiger partial charge in [0.25, 0.3) is 0 Å². The Morgan fingerprint density at radius 3 is 2.42 bits per heavy atom. The van der Waals surface area contributed by atoms with Crippen molar-refractivity contribution < 1.29 is 12.8 Å². The average molecular weight is 374 g/mol. The van der Waals surface area contributed by atoms with Crippen LogP contribution in [0.25, 0.3) is 10.9 Å². The van der Waals surface area contributed by atoms with Crippen LogP contribution < -0.4 is 5.32 Å². The van der Waals surface area contributed by atoms with E-state index in [2.05, 4.69) is 15.3 Å². The maximum Gasteiger partial charge on any atom is 0.242 e. The van der Waals surface area contributed by atoms with Crippen LogP contribution in [0.1, 0.15) is 18.5 Å². The van der Waals surface area contributed by atoms with Gasteiger partial charge in [0.1, 0.15) is 23.5 Å². The van der Waals surface area contributed by atoms with Crippen molar-refractivity contribution >= 4 is 26.7 Å². The number of hydrogen-bond acceptors (Lipinski definition) is 5. The fourth-order valence-corrected chi connectivity index (χ4v) is 3.50. The highest BCUT2D eigenvalue weighted by Crippen LogP contribution is 2.26. The molecular weight excluding hydrogens is 355 g/mol. The number of sulfonamides is 1. The van der Waals surface area contributed by atoms with Gasteiger partial charge in [0.15, 0.2) is 0 Å². The van der Waals surface area contributed by atoms with Crippen LogP contribution in [-0.2, 0) is 10.0 Å². The van der Waals surface area contributed by atoms with Crippen LogP contribution in [0.3, 0.4) is 0 Å². The van der Waals surface area contributed by atoms with Crippen LogP contribution in [-0.4, -0.2) is 36.8 Å². The Balaban J connectivity index is 1.87. The molecule has 1 aromatic heterocycles. The van der Waals surface area contributed by atoms with Gasteiger partial charge in [-0.05, 0) is 36.8 Å². The van der Waals surface area contributed by atoms with E-state index in [0.29, 0.717) is 11.2 Å². The minimum Gasteiger partial charge on any atom is -0.363 e. The second kappa shape index (κ2) is 6.97. The van der Waals surface area contributed by atoms with Crippen molar-refractivity contribution in [3.63, 3.8) is 0 Å². The third-order valence-electron chi connectivity index (χ3n) is 4.13. The molecule has 3 rings (SSSR count). The first-order valence-electron chi connectivity index (χ1n) is 7.99. The van der Waals surface area contributed by atoms with Gasteiger partial charge >= 0.3 is 0 Å². The van der Waals surface area contributed by atoms with E-state index in [-0.39, 0.29) is 16.5 Å². The van der Waals surface area contributed by atoms with E-state index < -0.39 is 15.8 Å². The van der Waals surface area contributed by atoms with Crippen molar-refractivity contribution in [1.29, 1.82) is 0 Å². The molecule has 136 valence electrons. The smallest absolute Gasteiger partial charge is 0.242 e. The lowest BCUT2D eigenvalue weighted by Gasteiger charge is -2.17. The zero-order chi connectivity index (χ0) is 18.9. The Hall–Kier alpha value is -2.58. The van der Waals surface area contributed by atoms with Crippen LogP contribution >= 0.6 is 0 Å². The number of para-hydroxylation sites is 1. The molecule has 0 aliphatic heterocycles. The molecule has 26 heavy (non-hydrogen) atoms. The lowest BCUT2D eigenvalue weighted by molar-refractivity contribution is 0.520. The predicted molar refractivity (Wildman–Crippen MR) is 98.8 cm³/mol. The SMILES string of the molecule is CC(Nc1ncnc2c(F)cccc12)c1ccc(S(=O)(=O)N(C)C)cc1. The second-order valence-electron chi connectivity index (χ2n) is 6.08. The van der Waals surface area contributed by atoms with E-state index in [9.17, 15) is 12.8 Å². The molecule has 0 saturated carbocycles. The molecule has 0 saturated heterocycles. The lowest BCUT2D eigenvalue weighted by Crippen LogP contribution is -2.22. The molecule has 0 amide bonds. The number of anilines is 1. The monoisotopic (exact) mass is 374 g/mol. The molecule has 8 heteroatoms. The summed E-state index contributed by atoms with van der Waals surface area (Å²) in [7, 11) is -0.476. The molecule has 0 fully saturated rings. The number of hydrogen-bond donors (Lipinski definition) is 1. The third-order valence-corrected chi connectivity index (χ3v) is 5.96. The summed E-state index contributed by atoms with van der Waals surface area (Å²) < 4.78 is 39.3. The van der Waals surface area contributed by atoms with Crippen LogP contribution in [0.2, 0.25) is 0 Å². The summed E-state index contributed by atoms with van der Waals surface area (Å²) in [6.07, 6.45) is 1.31. The number of halogens is 1. The number of rotatable bonds is 5. The number of benzene rings is 2. The molecule has 0 bridgehead atoms. The Kier molecular flexibility index (Phi) is 4.88. The van der Waals surface area contributed by atoms with Crippen molar-refractivity contribution in [2.45, 2.75) is 17.9 Å². The van der Waals surface area contributed by atoms with Gasteiger partial charge in [-0.1, -0.05) is 18.2 Å². The molecule has 1 unspecified atom stereocenters. The van der Waals surface area contributed by atoms with Crippen molar-refractivity contribution in [3.05, 3.63) is 60.2 Å². The Bertz CT molecular complexity index is 1040. The Labute approximate surface area is 151 Å². The van der Waals surface area contributed by atoms with Crippen LogP contribution in [0, 0.1) is 5.82 Å². The molecule has 0 aliphatic carbocycles. The van der Waals surface area contributed by atoms with Gasteiger partial charge in [0.05, 0.1) is 4.90 Å². The van der Waals surface area contributed by atoms with Gasteiger partial charge in [-0.15, -0.1) is 0 Å². The maximum atomic E-state index is 13.9. The molecule has 1 N–H and O–H groups in total. The molecule has 1 atom stereocenters. The normalized spacial score (nSPS) is 13.1. The highest BCUT2D eigenvalue weighted by molar-refractivity contribution is 7.89. The minimum absolute atomic E-state index is 0.160. The van der Waals surface area contributed by atoms with E-state index in [4.69, 9.17) is 0 Å². The first-order chi connectivity index (χ1) is 12.3. The summed E-state index contributed by atoms with van der Waals surface area (Å²) in [5, 5.41) is 3.82. The second-order valence-corrected chi connectivity index (χ2v) is 8.23. The molecule has 0 radical (unpaired) electrons. The van der Waals surface area contributed by atoms with Crippen LogP contribution in [0.15, 0.2) is 53.7 Å². The fraction of sp³-hybridized carbons (Fsp3) is 0.222. The summed E-state index contributed by atoms with van der Waals surface area (Å²) >= 11 is 0. The number of nitrogens with one attached hydrogen (secondary N) is 1. The van der Waals surface area contributed by atoms with E-state index in [1.54, 1.807) is 36.4 Å². The quantitative estimate of drug-likeness (QED) is 0.742. The maximum absolute atomic E-state index is 13.9. The third kappa shape index (κ3) is 3.38. The number of aromatic nitrogens is 2. The van der Waals surface area contributed by atoms with Gasteiger partial charge in [0, 0.05) is 25.5 Å². The molecule has 1 heterocycles. The van der Waals surface area contributed by atoms with Gasteiger partial charge in [0.2, 0.25) is 10.0 Å². The van der Waals surface area contributed by atoms with Crippen molar-refractivity contribution in [1.82, 2.24) is 14.3 Å². The zero-order valence-corrected chi connectivity index (χ0v) is 15.5. The van der Waals surface area contributed by atoms with Gasteiger partial charge in [-0.25, -0.2) is 27.1 Å². The Morgan fingerprint density at radius 1 is 1.08 bits per heavy atom. The first-order valence-corrected chi connectivity index (χ1v) is 9.43. The summed E-state index contributed by atoms with van der Waals surface area (Å²) in [6, 6.07) is 11.2. The number of nitrogens with zero attached hydrogens (tertiary/aromatic N) is 3. The lowest BCUT2D eigenvalue weighted by atomic mass is 10.1. The van der Waals surface area contributed by atoms with Crippen molar-refractivity contribution in [2.75, 3.05) is 19.4 Å². The average Bonchev–Trinajstić information content (AvgIpc) is 2.62. The molecule has 0 aliphatic rings. The summed E-state index contributed by atoms with van der Waals surface area (Å²) in [5.74, 6) is 0.117. The highest BCUT2D eigenvalue weighted by atomic mass is 32.2. The van der Waals surface area contributed by atoms with Crippen molar-refractivity contribution in [3.8, 4) is 0 Å². The molecule has 6 nitrogen and oxygen atoms in total. The Morgan fingerprint density at radius 2 is 1.77 bits per heavy atom. The molecular formula is C18H19FN4O2S. The van der Waals surface area contributed by atoms with E-state index >= 15 is 0 Å². The molecule has 3 aromatic rings. The molecule has 2 aromatic carbocycles. The van der Waals surface area contributed by atoms with Gasteiger partial charge < -0.3 is 5.32 Å². The zero-order valence-electron chi connectivity index (χ0n) is 14.6. The summed E-state index contributed by atoms with van der Waals surface area (Å²) in [5.41, 5.74) is 1.13. The topological polar surface area (TPSA) is 75.2 Å². The molecule has 0 spiro atoms. The number of fused-ring (bicyclic) bond motifs is 1. The van der Waals surface area contributed by atoms with Gasteiger partial charge in [-0.3, -0.25) is 0 Å². The fourth-order valence-electron chi connectivity index (χ4n) is 2.59. The largest absolute Gasteiger partial charge is 0.363 e. The highest BCUT2D eigenvalue weighted by Gasteiger charge is 2.17.